The predicted molar refractivity (Wildman–Crippen MR) is 75.5 cm³/mol. The van der Waals surface area contributed by atoms with Crippen molar-refractivity contribution in [2.75, 3.05) is 14.2 Å². The highest BCUT2D eigenvalue weighted by Gasteiger charge is 2.40. The van der Waals surface area contributed by atoms with Gasteiger partial charge in [0.15, 0.2) is 0 Å². The third kappa shape index (κ3) is 2.35. The van der Waals surface area contributed by atoms with Crippen LogP contribution in [-0.4, -0.2) is 20.3 Å². The van der Waals surface area contributed by atoms with E-state index in [-0.39, 0.29) is 0 Å². The summed E-state index contributed by atoms with van der Waals surface area (Å²) >= 11 is 0. The smallest absolute Gasteiger partial charge is 0.127 e. The maximum Gasteiger partial charge on any atom is 0.127 e. The molecule has 0 amide bonds. The minimum Gasteiger partial charge on any atom is -0.497 e. The summed E-state index contributed by atoms with van der Waals surface area (Å²) in [6.45, 7) is 0.862. The Balaban J connectivity index is 1.60. The van der Waals surface area contributed by atoms with E-state index >= 15 is 0 Å². The maximum atomic E-state index is 5.43. The predicted octanol–water partition coefficient (Wildman–Crippen LogP) is 2.76. The summed E-state index contributed by atoms with van der Waals surface area (Å²) in [6, 6.07) is 6.66. The van der Waals surface area contributed by atoms with Gasteiger partial charge in [-0.05, 0) is 30.7 Å². The quantitative estimate of drug-likeness (QED) is 0.825. The van der Waals surface area contributed by atoms with E-state index in [9.17, 15) is 0 Å². The Morgan fingerprint density at radius 1 is 1.26 bits per heavy atom. The van der Waals surface area contributed by atoms with Crippen molar-refractivity contribution in [3.05, 3.63) is 35.9 Å². The summed E-state index contributed by atoms with van der Waals surface area (Å²) in [7, 11) is 3.38. The molecule has 2 aliphatic rings. The summed E-state index contributed by atoms with van der Waals surface area (Å²) in [5, 5.41) is 3.66. The highest BCUT2D eigenvalue weighted by atomic mass is 16.5. The van der Waals surface area contributed by atoms with E-state index in [1.54, 1.807) is 14.2 Å². The molecule has 3 nitrogen and oxygen atoms in total. The molecular formula is C16H21NO2. The lowest BCUT2D eigenvalue weighted by Crippen LogP contribution is -2.47. The van der Waals surface area contributed by atoms with Gasteiger partial charge in [-0.2, -0.15) is 0 Å². The molecule has 3 atom stereocenters. The summed E-state index contributed by atoms with van der Waals surface area (Å²) in [6.07, 6.45) is 7.21. The Bertz CT molecular complexity index is 484. The summed E-state index contributed by atoms with van der Waals surface area (Å²) in [5.41, 5.74) is 1.19. The molecule has 2 aliphatic carbocycles. The highest BCUT2D eigenvalue weighted by Crippen LogP contribution is 2.42. The van der Waals surface area contributed by atoms with Crippen LogP contribution in [0.1, 0.15) is 18.4 Å². The van der Waals surface area contributed by atoms with E-state index in [1.807, 2.05) is 12.1 Å². The topological polar surface area (TPSA) is 30.5 Å². The second kappa shape index (κ2) is 5.25. The zero-order valence-electron chi connectivity index (χ0n) is 11.6. The van der Waals surface area contributed by atoms with E-state index in [4.69, 9.17) is 9.47 Å². The number of fused-ring (bicyclic) bond motifs is 1. The molecule has 0 aromatic heterocycles. The fourth-order valence-electron chi connectivity index (χ4n) is 3.19. The largest absolute Gasteiger partial charge is 0.497 e. The summed E-state index contributed by atoms with van der Waals surface area (Å²) < 4.78 is 10.6. The molecule has 0 saturated heterocycles. The van der Waals surface area contributed by atoms with Crippen molar-refractivity contribution in [2.45, 2.75) is 25.4 Å². The molecule has 1 saturated carbocycles. The third-order valence-corrected chi connectivity index (χ3v) is 4.43. The van der Waals surface area contributed by atoms with Crippen LogP contribution in [0.5, 0.6) is 11.5 Å². The number of hydrogen-bond donors (Lipinski definition) is 1. The molecule has 1 aromatic rings. The van der Waals surface area contributed by atoms with Gasteiger partial charge in [-0.25, -0.2) is 0 Å². The number of nitrogens with one attached hydrogen (secondary N) is 1. The normalized spacial score (nSPS) is 27.8. The van der Waals surface area contributed by atoms with E-state index in [2.05, 4.69) is 23.5 Å². The lowest BCUT2D eigenvalue weighted by molar-refractivity contribution is 0.158. The molecule has 3 heteroatoms. The van der Waals surface area contributed by atoms with Crippen molar-refractivity contribution in [1.82, 2.24) is 5.32 Å². The molecule has 3 rings (SSSR count). The summed E-state index contributed by atoms with van der Waals surface area (Å²) in [4.78, 5) is 0. The second-order valence-corrected chi connectivity index (χ2v) is 5.39. The van der Waals surface area contributed by atoms with Gasteiger partial charge in [-0.3, -0.25) is 0 Å². The first kappa shape index (κ1) is 12.5. The molecule has 0 aliphatic heterocycles. The monoisotopic (exact) mass is 259 g/mol. The molecule has 1 fully saturated rings. The number of benzene rings is 1. The van der Waals surface area contributed by atoms with Crippen LogP contribution in [0.25, 0.3) is 0 Å². The number of rotatable bonds is 5. The third-order valence-electron chi connectivity index (χ3n) is 4.43. The number of ether oxygens (including phenoxy) is 2. The number of allylic oxidation sites excluding steroid dienone is 2. The van der Waals surface area contributed by atoms with E-state index in [0.29, 0.717) is 6.04 Å². The van der Waals surface area contributed by atoms with E-state index < -0.39 is 0 Å². The van der Waals surface area contributed by atoms with Crippen molar-refractivity contribution < 1.29 is 9.47 Å². The fraction of sp³-hybridized carbons (Fsp3) is 0.500. The Morgan fingerprint density at radius 3 is 2.89 bits per heavy atom. The van der Waals surface area contributed by atoms with Gasteiger partial charge in [0.2, 0.25) is 0 Å². The molecule has 1 N–H and O–H groups in total. The van der Waals surface area contributed by atoms with Crippen LogP contribution in [0, 0.1) is 11.8 Å². The standard InChI is InChI=1S/C16H21NO2/c1-18-13-7-6-12(16(9-13)19-2)10-17-15-8-11-4-3-5-14(11)15/h3-4,6-7,9,11,14-15,17H,5,8,10H2,1-2H3/t11-,14-,15+/m0/s1. The van der Waals surface area contributed by atoms with Gasteiger partial charge >= 0.3 is 0 Å². The molecule has 0 heterocycles. The fourth-order valence-corrected chi connectivity index (χ4v) is 3.19. The minimum atomic E-state index is 0.659. The van der Waals surface area contributed by atoms with Crippen LogP contribution in [-0.2, 0) is 6.54 Å². The van der Waals surface area contributed by atoms with Gasteiger partial charge in [0.1, 0.15) is 11.5 Å². The molecular weight excluding hydrogens is 238 g/mol. The van der Waals surface area contributed by atoms with Crippen LogP contribution < -0.4 is 14.8 Å². The average molecular weight is 259 g/mol. The van der Waals surface area contributed by atoms with Crippen LogP contribution in [0.4, 0.5) is 0 Å². The van der Waals surface area contributed by atoms with Gasteiger partial charge in [-0.15, -0.1) is 0 Å². The van der Waals surface area contributed by atoms with Gasteiger partial charge in [-0.1, -0.05) is 18.2 Å². The molecule has 1 aromatic carbocycles. The Morgan fingerprint density at radius 2 is 2.16 bits per heavy atom. The number of methoxy groups -OCH3 is 2. The highest BCUT2D eigenvalue weighted by molar-refractivity contribution is 5.40. The van der Waals surface area contributed by atoms with Crippen molar-refractivity contribution in [1.29, 1.82) is 0 Å². The van der Waals surface area contributed by atoms with Crippen molar-refractivity contribution in [3.63, 3.8) is 0 Å². The summed E-state index contributed by atoms with van der Waals surface area (Å²) in [5.74, 6) is 3.39. The Kier molecular flexibility index (Phi) is 3.47. The van der Waals surface area contributed by atoms with Gasteiger partial charge in [0, 0.05) is 24.2 Å². The first-order valence-electron chi connectivity index (χ1n) is 6.92. The lowest BCUT2D eigenvalue weighted by Gasteiger charge is -2.41. The molecule has 0 bridgehead atoms. The zero-order chi connectivity index (χ0) is 13.2. The van der Waals surface area contributed by atoms with Crippen LogP contribution in [0.15, 0.2) is 30.4 Å². The maximum absolute atomic E-state index is 5.43. The molecule has 0 radical (unpaired) electrons. The first-order valence-corrected chi connectivity index (χ1v) is 6.92. The Labute approximate surface area is 114 Å². The van der Waals surface area contributed by atoms with Crippen LogP contribution in [0.3, 0.4) is 0 Å². The first-order chi connectivity index (χ1) is 9.31. The van der Waals surface area contributed by atoms with Crippen molar-refractivity contribution in [2.24, 2.45) is 11.8 Å². The van der Waals surface area contributed by atoms with E-state index in [1.165, 1.54) is 18.4 Å². The molecule has 102 valence electrons. The van der Waals surface area contributed by atoms with Crippen LogP contribution in [0.2, 0.25) is 0 Å². The van der Waals surface area contributed by atoms with Gasteiger partial charge < -0.3 is 14.8 Å². The van der Waals surface area contributed by atoms with Crippen LogP contribution >= 0.6 is 0 Å². The second-order valence-electron chi connectivity index (χ2n) is 5.39. The molecule has 0 spiro atoms. The SMILES string of the molecule is COc1ccc(CN[C@@H]2C[C@@H]3C=CC[C@@H]32)c(OC)c1. The average Bonchev–Trinajstić information content (AvgIpc) is 2.80. The van der Waals surface area contributed by atoms with Gasteiger partial charge in [0.05, 0.1) is 14.2 Å². The lowest BCUT2D eigenvalue weighted by atomic mass is 9.71. The minimum absolute atomic E-state index is 0.659. The zero-order valence-corrected chi connectivity index (χ0v) is 11.6. The molecule has 19 heavy (non-hydrogen) atoms. The van der Waals surface area contributed by atoms with Crippen molar-refractivity contribution >= 4 is 0 Å². The Hall–Kier alpha value is -1.48. The van der Waals surface area contributed by atoms with Gasteiger partial charge in [0.25, 0.3) is 0 Å². The molecule has 0 unspecified atom stereocenters. The van der Waals surface area contributed by atoms with E-state index in [0.717, 1.165) is 29.9 Å². The van der Waals surface area contributed by atoms with Crippen molar-refractivity contribution in [3.8, 4) is 11.5 Å². The number of hydrogen-bond acceptors (Lipinski definition) is 3.